The van der Waals surface area contributed by atoms with Crippen LogP contribution in [-0.4, -0.2) is 24.9 Å². The number of hydrogen-bond acceptors (Lipinski definition) is 2. The summed E-state index contributed by atoms with van der Waals surface area (Å²) >= 11 is 6.31. The molecule has 0 spiro atoms. The lowest BCUT2D eigenvalue weighted by Gasteiger charge is -2.24. The molecule has 0 aliphatic rings. The van der Waals surface area contributed by atoms with E-state index in [2.05, 4.69) is 19.2 Å². The van der Waals surface area contributed by atoms with Crippen molar-refractivity contribution in [2.75, 3.05) is 18.0 Å². The van der Waals surface area contributed by atoms with Crippen molar-refractivity contribution in [2.45, 2.75) is 47.5 Å². The van der Waals surface area contributed by atoms with Gasteiger partial charge in [0, 0.05) is 26.4 Å². The minimum absolute atomic E-state index is 0.0437. The van der Waals surface area contributed by atoms with Crippen LogP contribution in [0.4, 0.5) is 5.69 Å². The van der Waals surface area contributed by atoms with Gasteiger partial charge in [0.25, 0.3) is 0 Å². The van der Waals surface area contributed by atoms with Crippen molar-refractivity contribution in [2.24, 2.45) is 5.92 Å². The van der Waals surface area contributed by atoms with E-state index in [9.17, 15) is 9.59 Å². The second-order valence-corrected chi connectivity index (χ2v) is 6.77. The zero-order chi connectivity index (χ0) is 17.6. The van der Waals surface area contributed by atoms with Gasteiger partial charge in [-0.05, 0) is 43.4 Å². The van der Waals surface area contributed by atoms with E-state index < -0.39 is 0 Å². The number of anilines is 1. The largest absolute Gasteiger partial charge is 0.356 e. The highest BCUT2D eigenvalue weighted by atomic mass is 35.5. The minimum Gasteiger partial charge on any atom is -0.356 e. The van der Waals surface area contributed by atoms with E-state index in [1.165, 1.54) is 6.92 Å². The number of nitrogens with zero attached hydrogens (tertiary/aromatic N) is 1. The van der Waals surface area contributed by atoms with Crippen LogP contribution in [0.5, 0.6) is 0 Å². The van der Waals surface area contributed by atoms with Gasteiger partial charge in [-0.1, -0.05) is 31.5 Å². The van der Waals surface area contributed by atoms with Crippen molar-refractivity contribution in [3.05, 3.63) is 28.3 Å². The van der Waals surface area contributed by atoms with E-state index >= 15 is 0 Å². The van der Waals surface area contributed by atoms with Crippen LogP contribution in [0.25, 0.3) is 0 Å². The van der Waals surface area contributed by atoms with Gasteiger partial charge in [0.1, 0.15) is 0 Å². The summed E-state index contributed by atoms with van der Waals surface area (Å²) in [6.07, 6.45) is 1.21. The Morgan fingerprint density at radius 3 is 2.43 bits per heavy atom. The van der Waals surface area contributed by atoms with Gasteiger partial charge in [-0.25, -0.2) is 0 Å². The molecule has 23 heavy (non-hydrogen) atoms. The fourth-order valence-electron chi connectivity index (χ4n) is 2.48. The number of aryl methyl sites for hydroxylation is 2. The zero-order valence-corrected chi connectivity index (χ0v) is 15.5. The van der Waals surface area contributed by atoms with E-state index in [4.69, 9.17) is 11.6 Å². The summed E-state index contributed by atoms with van der Waals surface area (Å²) in [6, 6.07) is 3.82. The number of carbonyl (C=O) groups excluding carboxylic acids is 2. The molecule has 0 fully saturated rings. The zero-order valence-electron chi connectivity index (χ0n) is 14.7. The first-order valence-corrected chi connectivity index (χ1v) is 8.41. The van der Waals surface area contributed by atoms with Gasteiger partial charge >= 0.3 is 0 Å². The Labute approximate surface area is 144 Å². The Morgan fingerprint density at radius 1 is 1.26 bits per heavy atom. The number of rotatable bonds is 7. The fourth-order valence-corrected chi connectivity index (χ4v) is 2.90. The molecule has 4 nitrogen and oxygen atoms in total. The van der Waals surface area contributed by atoms with Crippen LogP contribution in [0.3, 0.4) is 0 Å². The van der Waals surface area contributed by atoms with Gasteiger partial charge in [-0.2, -0.15) is 0 Å². The van der Waals surface area contributed by atoms with E-state index in [1.807, 2.05) is 26.0 Å². The van der Waals surface area contributed by atoms with Crippen molar-refractivity contribution in [1.29, 1.82) is 0 Å². The maximum atomic E-state index is 12.0. The molecule has 0 bridgehead atoms. The first kappa shape index (κ1) is 19.5. The Hall–Kier alpha value is -1.55. The van der Waals surface area contributed by atoms with Crippen molar-refractivity contribution in [3.8, 4) is 0 Å². The smallest absolute Gasteiger partial charge is 0.223 e. The van der Waals surface area contributed by atoms with Gasteiger partial charge in [0.15, 0.2) is 0 Å². The predicted octanol–water partition coefficient (Wildman–Crippen LogP) is 3.86. The number of carbonyl (C=O) groups is 2. The highest BCUT2D eigenvalue weighted by Gasteiger charge is 2.18. The molecule has 1 N–H and O–H groups in total. The second-order valence-electron chi connectivity index (χ2n) is 6.37. The van der Waals surface area contributed by atoms with Crippen LogP contribution in [-0.2, 0) is 9.59 Å². The standard InChI is InChI=1S/C18H27ClN2O2/c1-12(2)6-8-20-17(23)7-9-21(15(5)22)18-14(4)10-13(3)11-16(18)19/h10-12H,6-9H2,1-5H3,(H,20,23). The van der Waals surface area contributed by atoms with Gasteiger partial charge in [0.2, 0.25) is 11.8 Å². The summed E-state index contributed by atoms with van der Waals surface area (Å²) in [6.45, 7) is 10.6. The second kappa shape index (κ2) is 8.92. The van der Waals surface area contributed by atoms with Crippen LogP contribution in [0.15, 0.2) is 12.1 Å². The van der Waals surface area contributed by atoms with E-state index in [1.54, 1.807) is 4.90 Å². The summed E-state index contributed by atoms with van der Waals surface area (Å²) in [7, 11) is 0. The summed E-state index contributed by atoms with van der Waals surface area (Å²) in [4.78, 5) is 25.5. The fraction of sp³-hybridized carbons (Fsp3) is 0.556. The maximum absolute atomic E-state index is 12.0. The molecule has 1 rings (SSSR count). The average molecular weight is 339 g/mol. The highest BCUT2D eigenvalue weighted by Crippen LogP contribution is 2.31. The molecule has 0 heterocycles. The monoisotopic (exact) mass is 338 g/mol. The molecule has 1 aromatic rings. The molecule has 2 amide bonds. The predicted molar refractivity (Wildman–Crippen MR) is 96.0 cm³/mol. The van der Waals surface area contributed by atoms with Crippen LogP contribution < -0.4 is 10.2 Å². The summed E-state index contributed by atoms with van der Waals surface area (Å²) < 4.78 is 0. The van der Waals surface area contributed by atoms with Gasteiger partial charge in [-0.3, -0.25) is 9.59 Å². The molecule has 0 aliphatic carbocycles. The first-order valence-electron chi connectivity index (χ1n) is 8.04. The topological polar surface area (TPSA) is 49.4 Å². The molecule has 0 saturated heterocycles. The number of benzene rings is 1. The Morgan fingerprint density at radius 2 is 1.91 bits per heavy atom. The van der Waals surface area contributed by atoms with Crippen LogP contribution in [0.2, 0.25) is 5.02 Å². The van der Waals surface area contributed by atoms with Crippen LogP contribution >= 0.6 is 11.6 Å². The molecule has 0 atom stereocenters. The maximum Gasteiger partial charge on any atom is 0.223 e. The molecular formula is C18H27ClN2O2. The van der Waals surface area contributed by atoms with Gasteiger partial charge < -0.3 is 10.2 Å². The molecule has 5 heteroatoms. The molecule has 0 unspecified atom stereocenters. The summed E-state index contributed by atoms with van der Waals surface area (Å²) in [5, 5.41) is 3.43. The molecule has 1 aromatic carbocycles. The number of halogens is 1. The average Bonchev–Trinajstić information content (AvgIpc) is 2.40. The third kappa shape index (κ3) is 6.22. The Balaban J connectivity index is 2.74. The molecule has 0 saturated carbocycles. The summed E-state index contributed by atoms with van der Waals surface area (Å²) in [5.41, 5.74) is 2.68. The lowest BCUT2D eigenvalue weighted by Crippen LogP contribution is -2.35. The van der Waals surface area contributed by atoms with E-state index in [0.717, 1.165) is 17.5 Å². The Kier molecular flexibility index (Phi) is 7.56. The van der Waals surface area contributed by atoms with Crippen LogP contribution in [0, 0.1) is 19.8 Å². The normalized spacial score (nSPS) is 10.7. The summed E-state index contributed by atoms with van der Waals surface area (Å²) in [5.74, 6) is 0.393. The minimum atomic E-state index is -0.117. The lowest BCUT2D eigenvalue weighted by atomic mass is 10.1. The third-order valence-electron chi connectivity index (χ3n) is 3.65. The van der Waals surface area contributed by atoms with E-state index in [-0.39, 0.29) is 18.2 Å². The van der Waals surface area contributed by atoms with E-state index in [0.29, 0.717) is 29.7 Å². The highest BCUT2D eigenvalue weighted by molar-refractivity contribution is 6.34. The SMILES string of the molecule is CC(=O)N(CCC(=O)NCCC(C)C)c1c(C)cc(C)cc1Cl. The molecule has 0 aliphatic heterocycles. The lowest BCUT2D eigenvalue weighted by molar-refractivity contribution is -0.121. The van der Waals surface area contributed by atoms with Crippen LogP contribution in [0.1, 0.15) is 44.7 Å². The quantitative estimate of drug-likeness (QED) is 0.820. The third-order valence-corrected chi connectivity index (χ3v) is 3.94. The van der Waals surface area contributed by atoms with Crippen molar-refractivity contribution < 1.29 is 9.59 Å². The molecule has 128 valence electrons. The molecule has 0 radical (unpaired) electrons. The number of amides is 2. The van der Waals surface area contributed by atoms with Gasteiger partial charge in [0.05, 0.1) is 10.7 Å². The molecule has 0 aromatic heterocycles. The van der Waals surface area contributed by atoms with Gasteiger partial charge in [-0.15, -0.1) is 0 Å². The molecular weight excluding hydrogens is 312 g/mol. The first-order chi connectivity index (χ1) is 10.7. The Bertz CT molecular complexity index is 547. The number of hydrogen-bond donors (Lipinski definition) is 1. The van der Waals surface area contributed by atoms with Crippen molar-refractivity contribution in [3.63, 3.8) is 0 Å². The van der Waals surface area contributed by atoms with Crippen molar-refractivity contribution in [1.82, 2.24) is 5.32 Å². The van der Waals surface area contributed by atoms with Crippen molar-refractivity contribution >= 4 is 29.1 Å². The number of nitrogens with one attached hydrogen (secondary N) is 1.